The van der Waals surface area contributed by atoms with E-state index in [1.807, 2.05) is 30.3 Å². The lowest BCUT2D eigenvalue weighted by atomic mass is 9.93. The fraction of sp³-hybridized carbons (Fsp3) is 0.273. The van der Waals surface area contributed by atoms with Crippen molar-refractivity contribution in [3.05, 3.63) is 76.4 Å². The van der Waals surface area contributed by atoms with E-state index in [4.69, 9.17) is 4.98 Å². The van der Waals surface area contributed by atoms with Gasteiger partial charge < -0.3 is 5.11 Å². The summed E-state index contributed by atoms with van der Waals surface area (Å²) >= 11 is 3.51. The molecular weight excluding hydrogens is 404 g/mol. The largest absolute Gasteiger partial charge is 0.481 e. The zero-order chi connectivity index (χ0) is 18.8. The van der Waals surface area contributed by atoms with Crippen LogP contribution in [0.2, 0.25) is 0 Å². The number of halogens is 1. The first-order valence-electron chi connectivity index (χ1n) is 9.20. The van der Waals surface area contributed by atoms with Gasteiger partial charge in [-0.25, -0.2) is 0 Å². The summed E-state index contributed by atoms with van der Waals surface area (Å²) in [5.74, 6) is -0.921. The molecule has 0 bridgehead atoms. The molecule has 1 aliphatic heterocycles. The number of carbonyl (C=O) groups is 1. The lowest BCUT2D eigenvalue weighted by Crippen LogP contribution is -2.39. The molecular formula is C22H21BrN2O2. The van der Waals surface area contributed by atoms with Gasteiger partial charge in [-0.2, -0.15) is 0 Å². The van der Waals surface area contributed by atoms with Crippen molar-refractivity contribution in [2.75, 3.05) is 13.1 Å². The third kappa shape index (κ3) is 3.89. The topological polar surface area (TPSA) is 53.4 Å². The second kappa shape index (κ2) is 7.79. The predicted molar refractivity (Wildman–Crippen MR) is 110 cm³/mol. The van der Waals surface area contributed by atoms with Gasteiger partial charge in [-0.1, -0.05) is 52.3 Å². The highest BCUT2D eigenvalue weighted by atomic mass is 79.9. The number of hydrogen-bond acceptors (Lipinski definition) is 3. The smallest absolute Gasteiger partial charge is 0.306 e. The highest BCUT2D eigenvalue weighted by Crippen LogP contribution is 2.33. The third-order valence-corrected chi connectivity index (χ3v) is 5.86. The van der Waals surface area contributed by atoms with Crippen LogP contribution in [0.3, 0.4) is 0 Å². The van der Waals surface area contributed by atoms with Crippen LogP contribution < -0.4 is 0 Å². The molecule has 0 spiro atoms. The summed E-state index contributed by atoms with van der Waals surface area (Å²) in [7, 11) is 0. The molecule has 4 rings (SSSR count). The van der Waals surface area contributed by atoms with Crippen LogP contribution in [-0.2, 0) is 4.79 Å². The molecule has 1 aliphatic rings. The summed E-state index contributed by atoms with van der Waals surface area (Å²) in [6.07, 6.45) is 1.35. The minimum absolute atomic E-state index is 0.0254. The van der Waals surface area contributed by atoms with Crippen LogP contribution in [-0.4, -0.2) is 34.0 Å². The Bertz CT molecular complexity index is 950. The Morgan fingerprint density at radius 3 is 2.44 bits per heavy atom. The summed E-state index contributed by atoms with van der Waals surface area (Å²) in [5, 5.41) is 10.4. The maximum absolute atomic E-state index is 11.3. The molecule has 27 heavy (non-hydrogen) atoms. The maximum atomic E-state index is 11.3. The summed E-state index contributed by atoms with van der Waals surface area (Å²) in [6, 6.07) is 20.7. The number of aromatic nitrogens is 1. The minimum Gasteiger partial charge on any atom is -0.481 e. The molecule has 1 fully saturated rings. The van der Waals surface area contributed by atoms with E-state index in [1.54, 1.807) is 0 Å². The number of aliphatic carboxylic acids is 1. The number of carboxylic acid groups (broad SMARTS) is 1. The summed E-state index contributed by atoms with van der Waals surface area (Å²) in [6.45, 7) is 1.51. The van der Waals surface area contributed by atoms with Crippen molar-refractivity contribution in [2.24, 2.45) is 5.92 Å². The van der Waals surface area contributed by atoms with Crippen LogP contribution in [0.1, 0.15) is 30.1 Å². The molecule has 2 heterocycles. The molecule has 4 nitrogen and oxygen atoms in total. The molecule has 0 radical (unpaired) electrons. The van der Waals surface area contributed by atoms with Crippen LogP contribution in [0.5, 0.6) is 0 Å². The first-order chi connectivity index (χ1) is 13.1. The van der Waals surface area contributed by atoms with E-state index in [-0.39, 0.29) is 12.0 Å². The average Bonchev–Trinajstić information content (AvgIpc) is 2.70. The Labute approximate surface area is 167 Å². The number of piperidine rings is 1. The Morgan fingerprint density at radius 2 is 1.74 bits per heavy atom. The fourth-order valence-corrected chi connectivity index (χ4v) is 4.12. The van der Waals surface area contributed by atoms with E-state index in [1.165, 1.54) is 5.56 Å². The van der Waals surface area contributed by atoms with Gasteiger partial charge >= 0.3 is 5.97 Å². The van der Waals surface area contributed by atoms with Gasteiger partial charge in [0.15, 0.2) is 0 Å². The number of para-hydroxylation sites is 1. The van der Waals surface area contributed by atoms with Crippen molar-refractivity contribution in [3.63, 3.8) is 0 Å². The van der Waals surface area contributed by atoms with Crippen molar-refractivity contribution in [2.45, 2.75) is 18.9 Å². The molecule has 3 aromatic rings. The van der Waals surface area contributed by atoms with Gasteiger partial charge in [-0.15, -0.1) is 0 Å². The zero-order valence-corrected chi connectivity index (χ0v) is 16.5. The van der Waals surface area contributed by atoms with Crippen LogP contribution >= 0.6 is 15.9 Å². The fourth-order valence-electron chi connectivity index (χ4n) is 3.85. The Kier molecular flexibility index (Phi) is 5.23. The Balaban J connectivity index is 1.71. The van der Waals surface area contributed by atoms with E-state index >= 15 is 0 Å². The Morgan fingerprint density at radius 1 is 1.04 bits per heavy atom. The lowest BCUT2D eigenvalue weighted by molar-refractivity contribution is -0.143. The normalized spacial score (nSPS) is 17.1. The molecule has 0 aliphatic carbocycles. The van der Waals surface area contributed by atoms with Gasteiger partial charge in [-0.3, -0.25) is 14.7 Å². The number of hydrogen-bond donors (Lipinski definition) is 1. The van der Waals surface area contributed by atoms with Crippen LogP contribution in [0.15, 0.2) is 65.1 Å². The molecule has 2 aromatic carbocycles. The van der Waals surface area contributed by atoms with Crippen LogP contribution in [0.25, 0.3) is 10.9 Å². The number of pyridine rings is 1. The first kappa shape index (κ1) is 18.1. The summed E-state index contributed by atoms with van der Waals surface area (Å²) in [5.41, 5.74) is 3.16. The lowest BCUT2D eigenvalue weighted by Gasteiger charge is -2.36. The standard InChI is InChI=1S/C22H21BrN2O2/c23-18-8-5-16(6-9-18)21(25-13-11-17(12-14-25)22(26)27)20-10-7-15-3-1-2-4-19(15)24-20/h1-10,17,21H,11-14H2,(H,26,27). The molecule has 1 unspecified atom stereocenters. The number of benzene rings is 2. The average molecular weight is 425 g/mol. The van der Waals surface area contributed by atoms with Crippen molar-refractivity contribution in [3.8, 4) is 0 Å². The monoisotopic (exact) mass is 424 g/mol. The van der Waals surface area contributed by atoms with Crippen LogP contribution in [0, 0.1) is 5.92 Å². The predicted octanol–water partition coefficient (Wildman–Crippen LogP) is 4.88. The number of likely N-dealkylation sites (tertiary alicyclic amines) is 1. The van der Waals surface area contributed by atoms with Gasteiger partial charge in [0.05, 0.1) is 23.2 Å². The number of carboxylic acids is 1. The quantitative estimate of drug-likeness (QED) is 0.647. The minimum atomic E-state index is -0.682. The molecule has 5 heteroatoms. The third-order valence-electron chi connectivity index (χ3n) is 5.33. The second-order valence-corrected chi connectivity index (χ2v) is 7.95. The van der Waals surface area contributed by atoms with Gasteiger partial charge in [-0.05, 0) is 55.8 Å². The van der Waals surface area contributed by atoms with Crippen molar-refractivity contribution in [1.82, 2.24) is 9.88 Å². The number of nitrogens with zero attached hydrogens (tertiary/aromatic N) is 2. The molecule has 1 saturated heterocycles. The highest BCUT2D eigenvalue weighted by Gasteiger charge is 2.30. The van der Waals surface area contributed by atoms with E-state index in [9.17, 15) is 9.90 Å². The summed E-state index contributed by atoms with van der Waals surface area (Å²) < 4.78 is 1.04. The summed E-state index contributed by atoms with van der Waals surface area (Å²) in [4.78, 5) is 18.6. The van der Waals surface area contributed by atoms with Gasteiger partial charge in [0.1, 0.15) is 0 Å². The van der Waals surface area contributed by atoms with E-state index in [0.29, 0.717) is 12.8 Å². The zero-order valence-electron chi connectivity index (χ0n) is 14.9. The van der Waals surface area contributed by atoms with Gasteiger partial charge in [0, 0.05) is 9.86 Å². The maximum Gasteiger partial charge on any atom is 0.306 e. The molecule has 138 valence electrons. The second-order valence-electron chi connectivity index (χ2n) is 7.03. The highest BCUT2D eigenvalue weighted by molar-refractivity contribution is 9.10. The van der Waals surface area contributed by atoms with E-state index in [0.717, 1.165) is 34.2 Å². The molecule has 1 atom stereocenters. The SMILES string of the molecule is O=C(O)C1CCN(C(c2ccc(Br)cc2)c2ccc3ccccc3n2)CC1. The number of fused-ring (bicyclic) bond motifs is 1. The van der Waals surface area contributed by atoms with Gasteiger partial charge in [0.25, 0.3) is 0 Å². The molecule has 0 saturated carbocycles. The number of rotatable bonds is 4. The molecule has 0 amide bonds. The van der Waals surface area contributed by atoms with Crippen LogP contribution in [0.4, 0.5) is 0 Å². The van der Waals surface area contributed by atoms with E-state index < -0.39 is 5.97 Å². The Hall–Kier alpha value is -2.24. The van der Waals surface area contributed by atoms with E-state index in [2.05, 4.69) is 51.2 Å². The van der Waals surface area contributed by atoms with Crippen molar-refractivity contribution >= 4 is 32.8 Å². The first-order valence-corrected chi connectivity index (χ1v) is 9.99. The van der Waals surface area contributed by atoms with Crippen molar-refractivity contribution in [1.29, 1.82) is 0 Å². The van der Waals surface area contributed by atoms with Crippen molar-refractivity contribution < 1.29 is 9.90 Å². The molecule has 1 N–H and O–H groups in total. The molecule has 1 aromatic heterocycles. The van der Waals surface area contributed by atoms with Gasteiger partial charge in [0.2, 0.25) is 0 Å².